The number of unbranched alkanes of at least 4 members (excludes halogenated alkanes) is 1. The number of hydrogen-bond acceptors (Lipinski definition) is 10. The normalized spacial score (nSPS) is 16.7. The van der Waals surface area contributed by atoms with E-state index in [-0.39, 0.29) is 43.1 Å². The molecule has 0 radical (unpaired) electrons. The van der Waals surface area contributed by atoms with Crippen LogP contribution < -0.4 is 20.7 Å². The largest absolute Gasteiger partial charge is 0.484 e. The van der Waals surface area contributed by atoms with E-state index in [1.54, 1.807) is 29.5 Å². The van der Waals surface area contributed by atoms with Crippen molar-refractivity contribution in [1.82, 2.24) is 30.7 Å². The molecule has 7 rings (SSSR count). The van der Waals surface area contributed by atoms with Gasteiger partial charge >= 0.3 is 0 Å². The highest BCUT2D eigenvalue weighted by atomic mass is 35.5. The first kappa shape index (κ1) is 36.0. The maximum absolute atomic E-state index is 13.2. The van der Waals surface area contributed by atoms with Gasteiger partial charge < -0.3 is 19.8 Å². The Kier molecular flexibility index (Phi) is 10.4. The van der Waals surface area contributed by atoms with Gasteiger partial charge in [-0.25, -0.2) is 0 Å². The SMILES string of the molecule is Cc1sc2c(c1C)C(c1ccc(Cl)cc1)=N[C@@H](CC(=O)NCCCCNC(=O)COc1ccc3occ(C4CCC(=O)NC4=O)c3c1)c1nnc(C)n1-2. The van der Waals surface area contributed by atoms with Gasteiger partial charge in [0.15, 0.2) is 12.4 Å². The number of furan rings is 1. The summed E-state index contributed by atoms with van der Waals surface area (Å²) in [5.41, 5.74) is 5.09. The molecular formula is C38H38ClN7O6S. The molecule has 2 atom stereocenters. The van der Waals surface area contributed by atoms with Gasteiger partial charge in [0.2, 0.25) is 17.7 Å². The fourth-order valence-electron chi connectivity index (χ4n) is 6.66. The van der Waals surface area contributed by atoms with Crippen LogP contribution in [0.3, 0.4) is 0 Å². The highest BCUT2D eigenvalue weighted by molar-refractivity contribution is 7.15. The number of aryl methyl sites for hydroxylation is 2. The van der Waals surface area contributed by atoms with Gasteiger partial charge in [0.05, 0.1) is 24.3 Å². The van der Waals surface area contributed by atoms with E-state index in [0.29, 0.717) is 65.5 Å². The number of halogens is 1. The average Bonchev–Trinajstić information content (AvgIpc) is 3.79. The first-order valence-corrected chi connectivity index (χ1v) is 18.6. The monoisotopic (exact) mass is 755 g/mol. The summed E-state index contributed by atoms with van der Waals surface area (Å²) in [6.07, 6.45) is 3.59. The lowest BCUT2D eigenvalue weighted by Crippen LogP contribution is -2.39. The highest BCUT2D eigenvalue weighted by Crippen LogP contribution is 2.40. The molecule has 5 heterocycles. The summed E-state index contributed by atoms with van der Waals surface area (Å²) < 4.78 is 13.4. The molecule has 0 spiro atoms. The second kappa shape index (κ2) is 15.3. The Bertz CT molecular complexity index is 2260. The third-order valence-electron chi connectivity index (χ3n) is 9.54. The van der Waals surface area contributed by atoms with Gasteiger partial charge in [-0.05, 0) is 75.9 Å². The molecule has 3 aromatic heterocycles. The maximum atomic E-state index is 13.2. The van der Waals surface area contributed by atoms with Gasteiger partial charge in [-0.15, -0.1) is 21.5 Å². The second-order valence-electron chi connectivity index (χ2n) is 13.2. The van der Waals surface area contributed by atoms with Crippen molar-refractivity contribution in [3.63, 3.8) is 0 Å². The van der Waals surface area contributed by atoms with Crippen LogP contribution in [0.4, 0.5) is 0 Å². The molecule has 1 fully saturated rings. The van der Waals surface area contributed by atoms with Crippen molar-refractivity contribution < 1.29 is 28.3 Å². The Labute approximate surface area is 314 Å². The van der Waals surface area contributed by atoms with Gasteiger partial charge in [-0.1, -0.05) is 23.7 Å². The molecule has 274 valence electrons. The van der Waals surface area contributed by atoms with Crippen molar-refractivity contribution in [2.45, 2.75) is 64.8 Å². The van der Waals surface area contributed by atoms with E-state index in [2.05, 4.69) is 40.0 Å². The fraction of sp³-hybridized carbons (Fsp3) is 0.342. The number of aromatic nitrogens is 3. The number of carbonyl (C=O) groups excluding carboxylic acids is 4. The third kappa shape index (κ3) is 7.60. The van der Waals surface area contributed by atoms with Gasteiger partial charge in [-0.2, -0.15) is 0 Å². The summed E-state index contributed by atoms with van der Waals surface area (Å²) in [5, 5.41) is 19.4. The zero-order valence-electron chi connectivity index (χ0n) is 29.5. The van der Waals surface area contributed by atoms with Crippen LogP contribution in [0.25, 0.3) is 16.0 Å². The minimum atomic E-state index is -0.557. The Morgan fingerprint density at radius 3 is 2.55 bits per heavy atom. The highest BCUT2D eigenvalue weighted by Gasteiger charge is 2.33. The van der Waals surface area contributed by atoms with E-state index in [4.69, 9.17) is 25.7 Å². The predicted octanol–water partition coefficient (Wildman–Crippen LogP) is 5.55. The molecule has 0 bridgehead atoms. The molecule has 2 aliphatic heterocycles. The fourth-order valence-corrected chi connectivity index (χ4v) is 8.00. The van der Waals surface area contributed by atoms with Crippen molar-refractivity contribution in [1.29, 1.82) is 0 Å². The summed E-state index contributed by atoms with van der Waals surface area (Å²) in [6, 6.07) is 12.2. The Morgan fingerprint density at radius 1 is 1.04 bits per heavy atom. The summed E-state index contributed by atoms with van der Waals surface area (Å²) in [5.74, 6) is 0.228. The molecule has 1 saturated heterocycles. The number of imide groups is 1. The minimum Gasteiger partial charge on any atom is -0.484 e. The van der Waals surface area contributed by atoms with E-state index in [0.717, 1.165) is 33.2 Å². The third-order valence-corrected chi connectivity index (χ3v) is 11.0. The number of carbonyl (C=O) groups is 4. The number of thiophene rings is 1. The number of amides is 4. The number of ether oxygens (including phenoxy) is 1. The smallest absolute Gasteiger partial charge is 0.257 e. The Balaban J connectivity index is 0.901. The summed E-state index contributed by atoms with van der Waals surface area (Å²) in [4.78, 5) is 56.1. The van der Waals surface area contributed by atoms with Crippen LogP contribution in [0.5, 0.6) is 5.75 Å². The number of aliphatic imine (C=N–C) groups is 1. The van der Waals surface area contributed by atoms with Gasteiger partial charge in [0, 0.05) is 51.5 Å². The minimum absolute atomic E-state index is 0.0932. The van der Waals surface area contributed by atoms with Crippen LogP contribution in [0, 0.1) is 20.8 Å². The number of piperidine rings is 1. The lowest BCUT2D eigenvalue weighted by atomic mass is 9.90. The summed E-state index contributed by atoms with van der Waals surface area (Å²) >= 11 is 7.87. The van der Waals surface area contributed by atoms with E-state index < -0.39 is 12.0 Å². The molecule has 0 aliphatic carbocycles. The molecular weight excluding hydrogens is 718 g/mol. The summed E-state index contributed by atoms with van der Waals surface area (Å²) in [6.45, 7) is 6.74. The number of hydrogen-bond donors (Lipinski definition) is 3. The van der Waals surface area contributed by atoms with Crippen molar-refractivity contribution in [3.05, 3.63) is 92.5 Å². The van der Waals surface area contributed by atoms with Gasteiger partial charge in [-0.3, -0.25) is 34.1 Å². The molecule has 0 saturated carbocycles. The van der Waals surface area contributed by atoms with Gasteiger partial charge in [0.1, 0.15) is 28.2 Å². The number of nitrogens with one attached hydrogen (secondary N) is 3. The predicted molar refractivity (Wildman–Crippen MR) is 200 cm³/mol. The van der Waals surface area contributed by atoms with E-state index in [1.165, 1.54) is 11.1 Å². The van der Waals surface area contributed by atoms with E-state index in [1.807, 2.05) is 35.8 Å². The topological polar surface area (TPSA) is 170 Å². The van der Waals surface area contributed by atoms with Crippen molar-refractivity contribution in [3.8, 4) is 10.8 Å². The van der Waals surface area contributed by atoms with Crippen LogP contribution in [-0.2, 0) is 19.2 Å². The van der Waals surface area contributed by atoms with Crippen molar-refractivity contribution in [2.24, 2.45) is 4.99 Å². The van der Waals surface area contributed by atoms with Crippen LogP contribution in [0.1, 0.15) is 82.8 Å². The number of nitrogens with zero attached hydrogens (tertiary/aromatic N) is 4. The quantitative estimate of drug-likeness (QED) is 0.110. The standard InChI is InChI=1S/C38H38ClN7O6S/c1-20-21(2)53-38-34(20)35(23-6-8-24(39)9-7-23)42-29(36-45-44-22(3)46(36)38)17-32(48)40-14-4-5-15-41-33(49)19-51-25-10-12-30-27(16-25)28(18-52-30)26-11-13-31(47)43-37(26)50/h6-10,12,16,18,26,29H,4-5,11,13-15,17,19H2,1-3H3,(H,40,48)(H,41,49)(H,43,47,50)/t26?,29-/m0/s1. The van der Waals surface area contributed by atoms with Crippen LogP contribution in [0.2, 0.25) is 5.02 Å². The Morgan fingerprint density at radius 2 is 1.79 bits per heavy atom. The van der Waals surface area contributed by atoms with Gasteiger partial charge in [0.25, 0.3) is 5.91 Å². The zero-order chi connectivity index (χ0) is 37.2. The molecule has 3 N–H and O–H groups in total. The Hall–Kier alpha value is -5.34. The molecule has 53 heavy (non-hydrogen) atoms. The van der Waals surface area contributed by atoms with E-state index >= 15 is 0 Å². The maximum Gasteiger partial charge on any atom is 0.257 e. The number of rotatable bonds is 12. The first-order chi connectivity index (χ1) is 25.6. The van der Waals surface area contributed by atoms with Crippen LogP contribution in [0.15, 0.2) is 58.1 Å². The molecule has 15 heteroatoms. The summed E-state index contributed by atoms with van der Waals surface area (Å²) in [7, 11) is 0. The van der Waals surface area contributed by atoms with Crippen LogP contribution in [-0.4, -0.2) is 63.8 Å². The van der Waals surface area contributed by atoms with E-state index in [9.17, 15) is 19.2 Å². The second-order valence-corrected chi connectivity index (χ2v) is 14.8. The molecule has 4 amide bonds. The number of benzene rings is 2. The average molecular weight is 756 g/mol. The lowest BCUT2D eigenvalue weighted by Gasteiger charge is -2.19. The molecule has 1 unspecified atom stereocenters. The number of fused-ring (bicyclic) bond motifs is 4. The first-order valence-electron chi connectivity index (χ1n) is 17.4. The molecule has 13 nitrogen and oxygen atoms in total. The molecule has 2 aromatic carbocycles. The van der Waals surface area contributed by atoms with Crippen molar-refractivity contribution in [2.75, 3.05) is 19.7 Å². The lowest BCUT2D eigenvalue weighted by molar-refractivity contribution is -0.134. The zero-order valence-corrected chi connectivity index (χ0v) is 31.0. The van der Waals surface area contributed by atoms with Crippen molar-refractivity contribution >= 4 is 63.2 Å². The molecule has 2 aliphatic rings. The molecule has 5 aromatic rings. The van der Waals surface area contributed by atoms with Crippen LogP contribution >= 0.6 is 22.9 Å².